The van der Waals surface area contributed by atoms with Gasteiger partial charge >= 0.3 is 0 Å². The van der Waals surface area contributed by atoms with Crippen LogP contribution in [-0.2, 0) is 0 Å². The second-order valence-corrected chi connectivity index (χ2v) is 6.63. The first-order valence-electron chi connectivity index (χ1n) is 8.29. The first-order valence-corrected chi connectivity index (χ1v) is 8.29. The number of methoxy groups -OCH3 is 1. The highest BCUT2D eigenvalue weighted by molar-refractivity contribution is 5.66. The van der Waals surface area contributed by atoms with Gasteiger partial charge in [0.05, 0.1) is 7.11 Å². The summed E-state index contributed by atoms with van der Waals surface area (Å²) < 4.78 is 11.3. The summed E-state index contributed by atoms with van der Waals surface area (Å²) >= 11 is 0. The molecule has 4 nitrogen and oxygen atoms in total. The zero-order valence-corrected chi connectivity index (χ0v) is 13.2. The Balaban J connectivity index is 1.48. The lowest BCUT2D eigenvalue weighted by molar-refractivity contribution is 0.257. The Labute approximate surface area is 132 Å². The molecule has 1 N–H and O–H groups in total. The van der Waals surface area contributed by atoms with Crippen molar-refractivity contribution in [2.75, 3.05) is 33.4 Å². The number of ether oxygens (including phenoxy) is 2. The van der Waals surface area contributed by atoms with Crippen LogP contribution in [0.3, 0.4) is 0 Å². The van der Waals surface area contributed by atoms with Crippen LogP contribution in [0.1, 0.15) is 24.8 Å². The molecular formula is C18H24N2O2. The molecule has 4 heteroatoms. The van der Waals surface area contributed by atoms with Crippen molar-refractivity contribution in [2.24, 2.45) is 0 Å². The van der Waals surface area contributed by atoms with Gasteiger partial charge in [-0.15, -0.1) is 0 Å². The number of benzene rings is 1. The van der Waals surface area contributed by atoms with Gasteiger partial charge in [-0.2, -0.15) is 0 Å². The molecule has 2 bridgehead atoms. The number of hydrogen-bond acceptors (Lipinski definition) is 4. The van der Waals surface area contributed by atoms with Crippen LogP contribution in [0.25, 0.3) is 6.08 Å². The third-order valence-corrected chi connectivity index (χ3v) is 5.02. The average Bonchev–Trinajstić information content (AvgIpc) is 2.88. The minimum Gasteiger partial charge on any atom is -0.493 e. The Hall–Kier alpha value is -1.52. The molecule has 0 aliphatic carbocycles. The molecule has 0 spiro atoms. The minimum absolute atomic E-state index is 0.672. The molecule has 2 saturated heterocycles. The predicted octanol–water partition coefficient (Wildman–Crippen LogP) is 2.30. The number of fused-ring (bicyclic) bond motifs is 3. The van der Waals surface area contributed by atoms with Crippen LogP contribution in [0.4, 0.5) is 0 Å². The van der Waals surface area contributed by atoms with E-state index in [1.165, 1.54) is 37.9 Å². The topological polar surface area (TPSA) is 33.7 Å². The maximum Gasteiger partial charge on any atom is 0.168 e. The van der Waals surface area contributed by atoms with Gasteiger partial charge in [-0.25, -0.2) is 0 Å². The van der Waals surface area contributed by atoms with E-state index in [9.17, 15) is 0 Å². The number of nitrogens with one attached hydrogen (secondary N) is 1. The van der Waals surface area contributed by atoms with Crippen molar-refractivity contribution in [3.05, 3.63) is 29.3 Å². The van der Waals surface area contributed by atoms with Crippen molar-refractivity contribution in [2.45, 2.75) is 31.3 Å². The van der Waals surface area contributed by atoms with E-state index in [2.05, 4.69) is 22.4 Å². The van der Waals surface area contributed by atoms with E-state index in [1.54, 1.807) is 7.11 Å². The Morgan fingerprint density at radius 2 is 2.18 bits per heavy atom. The molecule has 2 fully saturated rings. The van der Waals surface area contributed by atoms with Crippen molar-refractivity contribution >= 4 is 6.08 Å². The Bertz CT molecular complexity index is 584. The molecular weight excluding hydrogens is 276 g/mol. The van der Waals surface area contributed by atoms with Gasteiger partial charge in [0, 0.05) is 37.3 Å². The zero-order chi connectivity index (χ0) is 14.9. The van der Waals surface area contributed by atoms with Gasteiger partial charge in [0.2, 0.25) is 0 Å². The maximum absolute atomic E-state index is 5.96. The monoisotopic (exact) mass is 300 g/mol. The van der Waals surface area contributed by atoms with Crippen molar-refractivity contribution in [1.82, 2.24) is 10.2 Å². The highest BCUT2D eigenvalue weighted by Crippen LogP contribution is 2.35. The quantitative estimate of drug-likeness (QED) is 0.929. The number of likely N-dealkylation sites (tertiary alicyclic amines) is 1. The number of nitrogens with zero attached hydrogens (tertiary/aromatic N) is 1. The Morgan fingerprint density at radius 3 is 3.09 bits per heavy atom. The molecule has 0 amide bonds. The fourth-order valence-electron chi connectivity index (χ4n) is 3.93. The van der Waals surface area contributed by atoms with E-state index >= 15 is 0 Å². The van der Waals surface area contributed by atoms with Crippen molar-refractivity contribution in [3.63, 3.8) is 0 Å². The molecule has 22 heavy (non-hydrogen) atoms. The number of para-hydroxylation sites is 1. The SMILES string of the molecule is COc1cccc2c1OCC(CN1CC[C@H]3CC[C@@H](C1)N3)=C2. The van der Waals surface area contributed by atoms with E-state index in [-0.39, 0.29) is 0 Å². The summed E-state index contributed by atoms with van der Waals surface area (Å²) in [5.74, 6) is 1.70. The molecule has 0 aromatic heterocycles. The average molecular weight is 300 g/mol. The first kappa shape index (κ1) is 14.1. The third-order valence-electron chi connectivity index (χ3n) is 5.02. The van der Waals surface area contributed by atoms with Crippen LogP contribution in [0.2, 0.25) is 0 Å². The molecule has 0 saturated carbocycles. The van der Waals surface area contributed by atoms with E-state index in [1.807, 2.05) is 12.1 Å². The standard InChI is InChI=1S/C18H24N2O2/c1-21-17-4-2-3-14-9-13(12-22-18(14)17)10-20-8-7-15-5-6-16(11-20)19-15/h2-4,9,15-16,19H,5-8,10-12H2,1H3/t15-,16+/m1/s1. The summed E-state index contributed by atoms with van der Waals surface area (Å²) in [7, 11) is 1.69. The van der Waals surface area contributed by atoms with E-state index < -0.39 is 0 Å². The molecule has 0 unspecified atom stereocenters. The second-order valence-electron chi connectivity index (χ2n) is 6.63. The molecule has 1 aromatic carbocycles. The smallest absolute Gasteiger partial charge is 0.168 e. The van der Waals surface area contributed by atoms with Crippen LogP contribution >= 0.6 is 0 Å². The largest absolute Gasteiger partial charge is 0.493 e. The number of rotatable bonds is 3. The molecule has 1 aromatic rings. The first-order chi connectivity index (χ1) is 10.8. The van der Waals surface area contributed by atoms with Gasteiger partial charge in [0.15, 0.2) is 11.5 Å². The lowest BCUT2D eigenvalue weighted by Gasteiger charge is -2.27. The maximum atomic E-state index is 5.96. The summed E-state index contributed by atoms with van der Waals surface area (Å²) in [6.07, 6.45) is 6.24. The highest BCUT2D eigenvalue weighted by atomic mass is 16.5. The predicted molar refractivity (Wildman–Crippen MR) is 87.5 cm³/mol. The van der Waals surface area contributed by atoms with Crippen LogP contribution in [0, 0.1) is 0 Å². The Kier molecular flexibility index (Phi) is 3.80. The summed E-state index contributed by atoms with van der Waals surface area (Å²) in [5.41, 5.74) is 2.49. The van der Waals surface area contributed by atoms with Crippen molar-refractivity contribution in [1.29, 1.82) is 0 Å². The molecule has 3 aliphatic rings. The summed E-state index contributed by atoms with van der Waals surface area (Å²) in [6, 6.07) is 7.51. The summed E-state index contributed by atoms with van der Waals surface area (Å²) in [6.45, 7) is 4.04. The lowest BCUT2D eigenvalue weighted by atomic mass is 10.0. The minimum atomic E-state index is 0.672. The van der Waals surface area contributed by atoms with Gasteiger partial charge in [0.1, 0.15) is 6.61 Å². The van der Waals surface area contributed by atoms with Gasteiger partial charge in [0.25, 0.3) is 0 Å². The van der Waals surface area contributed by atoms with Crippen LogP contribution < -0.4 is 14.8 Å². The van der Waals surface area contributed by atoms with E-state index in [0.29, 0.717) is 12.6 Å². The zero-order valence-electron chi connectivity index (χ0n) is 13.2. The fourth-order valence-corrected chi connectivity index (χ4v) is 3.93. The van der Waals surface area contributed by atoms with Crippen molar-refractivity contribution in [3.8, 4) is 11.5 Å². The second kappa shape index (κ2) is 5.94. The van der Waals surface area contributed by atoms with E-state index in [4.69, 9.17) is 9.47 Å². The third kappa shape index (κ3) is 2.73. The van der Waals surface area contributed by atoms with Crippen LogP contribution in [0.5, 0.6) is 11.5 Å². The van der Waals surface area contributed by atoms with Gasteiger partial charge in [-0.1, -0.05) is 12.1 Å². The summed E-state index contributed by atoms with van der Waals surface area (Å²) in [5, 5.41) is 3.74. The summed E-state index contributed by atoms with van der Waals surface area (Å²) in [4.78, 5) is 2.58. The molecule has 4 rings (SSSR count). The van der Waals surface area contributed by atoms with Crippen LogP contribution in [0.15, 0.2) is 23.8 Å². The Morgan fingerprint density at radius 1 is 1.27 bits per heavy atom. The molecule has 2 atom stereocenters. The van der Waals surface area contributed by atoms with Gasteiger partial charge < -0.3 is 14.8 Å². The molecule has 3 heterocycles. The fraction of sp³-hybridized carbons (Fsp3) is 0.556. The normalized spacial score (nSPS) is 27.6. The van der Waals surface area contributed by atoms with Gasteiger partial charge in [-0.3, -0.25) is 4.90 Å². The van der Waals surface area contributed by atoms with E-state index in [0.717, 1.165) is 29.6 Å². The molecule has 0 radical (unpaired) electrons. The molecule has 3 aliphatic heterocycles. The van der Waals surface area contributed by atoms with Crippen LogP contribution in [-0.4, -0.2) is 50.3 Å². The highest BCUT2D eigenvalue weighted by Gasteiger charge is 2.29. The number of hydrogen-bond donors (Lipinski definition) is 1. The van der Waals surface area contributed by atoms with Gasteiger partial charge in [-0.05, 0) is 37.0 Å². The molecule has 118 valence electrons. The lowest BCUT2D eigenvalue weighted by Crippen LogP contribution is -2.37. The van der Waals surface area contributed by atoms with Crippen molar-refractivity contribution < 1.29 is 9.47 Å².